The molecule has 0 saturated carbocycles. The molecule has 0 N–H and O–H groups in total. The van der Waals surface area contributed by atoms with Crippen LogP contribution in [0.5, 0.6) is 0 Å². The molecule has 0 amide bonds. The minimum absolute atomic E-state index is 0.866. The predicted molar refractivity (Wildman–Crippen MR) is 82.1 cm³/mol. The van der Waals surface area contributed by atoms with E-state index in [2.05, 4.69) is 0 Å². The molecule has 100 valence electrons. The molecule has 1 aromatic rings. The van der Waals surface area contributed by atoms with Crippen molar-refractivity contribution in [1.29, 1.82) is 0 Å². The Hall–Kier alpha value is -1.15. The second kappa shape index (κ2) is 8.87. The monoisotopic (exact) mass is 264 g/mol. The van der Waals surface area contributed by atoms with Crippen LogP contribution in [-0.2, 0) is 10.8 Å². The topological polar surface area (TPSA) is 17.1 Å². The molecule has 18 heavy (non-hydrogen) atoms. The van der Waals surface area contributed by atoms with Gasteiger partial charge in [-0.15, -0.1) is 0 Å². The molecule has 1 atom stereocenters. The fourth-order valence-electron chi connectivity index (χ4n) is 1.40. The average Bonchev–Trinajstić information content (AvgIpc) is 2.37. The zero-order valence-electron chi connectivity index (χ0n) is 12.3. The van der Waals surface area contributed by atoms with Crippen LogP contribution >= 0.6 is 0 Å². The summed E-state index contributed by atoms with van der Waals surface area (Å²) in [6.07, 6.45) is 3.88. The van der Waals surface area contributed by atoms with Crippen molar-refractivity contribution in [2.24, 2.45) is 0 Å². The third kappa shape index (κ3) is 5.46. The molecule has 0 bridgehead atoms. The molecule has 0 heterocycles. The van der Waals surface area contributed by atoms with Crippen molar-refractivity contribution in [2.75, 3.05) is 0 Å². The summed E-state index contributed by atoms with van der Waals surface area (Å²) in [5, 5.41) is 0. The van der Waals surface area contributed by atoms with E-state index in [1.54, 1.807) is 0 Å². The zero-order chi connectivity index (χ0) is 14.1. The number of benzene rings is 1. The lowest BCUT2D eigenvalue weighted by atomic mass is 10.2. The van der Waals surface area contributed by atoms with Crippen molar-refractivity contribution in [3.63, 3.8) is 0 Å². The Balaban J connectivity index is 0.00000137. The van der Waals surface area contributed by atoms with E-state index in [0.717, 1.165) is 20.9 Å². The summed E-state index contributed by atoms with van der Waals surface area (Å²) >= 11 is 0. The SMILES string of the molecule is C/C=C(\C=C(C)C)S(=O)c1cccc(C)c1.CC. The molecule has 2 heteroatoms. The molecule has 1 unspecified atom stereocenters. The number of aryl methyl sites for hydroxylation is 1. The maximum absolute atomic E-state index is 12.3. The van der Waals surface area contributed by atoms with Crippen LogP contribution in [0.1, 0.15) is 40.2 Å². The Morgan fingerprint density at radius 1 is 1.22 bits per heavy atom. The Bertz CT molecular complexity index is 452. The van der Waals surface area contributed by atoms with Crippen LogP contribution < -0.4 is 0 Å². The van der Waals surface area contributed by atoms with Gasteiger partial charge in [-0.05, 0) is 51.5 Å². The first-order valence-corrected chi connectivity index (χ1v) is 7.49. The summed E-state index contributed by atoms with van der Waals surface area (Å²) in [4.78, 5) is 1.73. The molecular formula is C16H24OS. The lowest BCUT2D eigenvalue weighted by molar-refractivity contribution is 0.687. The van der Waals surface area contributed by atoms with E-state index in [4.69, 9.17) is 0 Å². The van der Waals surface area contributed by atoms with Crippen LogP contribution in [-0.4, -0.2) is 4.21 Å². The molecule has 1 aromatic carbocycles. The summed E-state index contributed by atoms with van der Waals surface area (Å²) in [5.41, 5.74) is 2.30. The van der Waals surface area contributed by atoms with Gasteiger partial charge in [-0.25, -0.2) is 4.21 Å². The number of rotatable bonds is 3. The highest BCUT2D eigenvalue weighted by molar-refractivity contribution is 7.89. The Morgan fingerprint density at radius 3 is 2.28 bits per heavy atom. The molecule has 0 aromatic heterocycles. The second-order valence-corrected chi connectivity index (χ2v) is 5.48. The lowest BCUT2D eigenvalue weighted by Crippen LogP contribution is -1.94. The summed E-state index contributed by atoms with van der Waals surface area (Å²) in [7, 11) is -1.07. The number of allylic oxidation sites excluding steroid dienone is 3. The predicted octanol–water partition coefficient (Wildman–Crippen LogP) is 5.00. The van der Waals surface area contributed by atoms with Gasteiger partial charge in [-0.2, -0.15) is 0 Å². The maximum Gasteiger partial charge on any atom is 0.0846 e. The Kier molecular flexibility index (Phi) is 8.30. The van der Waals surface area contributed by atoms with E-state index in [0.29, 0.717) is 0 Å². The van der Waals surface area contributed by atoms with E-state index < -0.39 is 10.8 Å². The third-order valence-electron chi connectivity index (χ3n) is 2.13. The first-order valence-electron chi connectivity index (χ1n) is 6.34. The fraction of sp³-hybridized carbons (Fsp3) is 0.375. The van der Waals surface area contributed by atoms with Gasteiger partial charge in [0, 0.05) is 9.80 Å². The van der Waals surface area contributed by atoms with Crippen LogP contribution in [0.3, 0.4) is 0 Å². The van der Waals surface area contributed by atoms with Crippen LogP contribution in [0.2, 0.25) is 0 Å². The Labute approximate surface area is 114 Å². The van der Waals surface area contributed by atoms with Crippen molar-refractivity contribution >= 4 is 10.8 Å². The molecular weight excluding hydrogens is 240 g/mol. The van der Waals surface area contributed by atoms with E-state index in [1.807, 2.05) is 78.0 Å². The largest absolute Gasteiger partial charge is 0.249 e. The molecule has 0 aliphatic carbocycles. The van der Waals surface area contributed by atoms with Gasteiger partial charge in [0.2, 0.25) is 0 Å². The summed E-state index contributed by atoms with van der Waals surface area (Å²) in [5.74, 6) is 0. The highest BCUT2D eigenvalue weighted by atomic mass is 32.2. The normalized spacial score (nSPS) is 12.2. The van der Waals surface area contributed by atoms with Crippen LogP contribution in [0, 0.1) is 6.92 Å². The summed E-state index contributed by atoms with van der Waals surface area (Å²) < 4.78 is 12.3. The van der Waals surface area contributed by atoms with Gasteiger partial charge in [0.25, 0.3) is 0 Å². The van der Waals surface area contributed by atoms with E-state index >= 15 is 0 Å². The van der Waals surface area contributed by atoms with Crippen molar-refractivity contribution in [2.45, 2.75) is 46.4 Å². The molecule has 0 spiro atoms. The van der Waals surface area contributed by atoms with Gasteiger partial charge in [0.1, 0.15) is 0 Å². The summed E-state index contributed by atoms with van der Waals surface area (Å²) in [6.45, 7) is 12.0. The van der Waals surface area contributed by atoms with Gasteiger partial charge < -0.3 is 0 Å². The molecule has 0 aliphatic heterocycles. The molecule has 0 aliphatic rings. The van der Waals surface area contributed by atoms with Crippen LogP contribution in [0.25, 0.3) is 0 Å². The van der Waals surface area contributed by atoms with Crippen molar-refractivity contribution in [3.8, 4) is 0 Å². The maximum atomic E-state index is 12.3. The molecule has 1 rings (SSSR count). The molecule has 0 fully saturated rings. The Morgan fingerprint density at radius 2 is 1.83 bits per heavy atom. The standard InChI is InChI=1S/C14H18OS.C2H6/c1-5-13(9-11(2)3)16(15)14-8-6-7-12(4)10-14;1-2/h5-10H,1-4H3;1-2H3/b13-5+;. The lowest BCUT2D eigenvalue weighted by Gasteiger charge is -2.04. The van der Waals surface area contributed by atoms with E-state index in [1.165, 1.54) is 0 Å². The van der Waals surface area contributed by atoms with Gasteiger partial charge in [-0.1, -0.05) is 37.6 Å². The minimum Gasteiger partial charge on any atom is -0.249 e. The quantitative estimate of drug-likeness (QED) is 0.702. The average molecular weight is 264 g/mol. The van der Waals surface area contributed by atoms with E-state index in [9.17, 15) is 4.21 Å². The molecule has 0 saturated heterocycles. The first-order chi connectivity index (χ1) is 8.54. The van der Waals surface area contributed by atoms with Gasteiger partial charge >= 0.3 is 0 Å². The fourth-order valence-corrected chi connectivity index (χ4v) is 2.72. The van der Waals surface area contributed by atoms with E-state index in [-0.39, 0.29) is 0 Å². The van der Waals surface area contributed by atoms with Crippen molar-refractivity contribution < 1.29 is 4.21 Å². The zero-order valence-corrected chi connectivity index (χ0v) is 13.1. The smallest absolute Gasteiger partial charge is 0.0846 e. The second-order valence-electron chi connectivity index (χ2n) is 4.00. The third-order valence-corrected chi connectivity index (χ3v) is 3.60. The molecule has 0 radical (unpaired) electrons. The van der Waals surface area contributed by atoms with Gasteiger partial charge in [0.05, 0.1) is 10.8 Å². The van der Waals surface area contributed by atoms with Crippen molar-refractivity contribution in [3.05, 3.63) is 52.5 Å². The number of hydrogen-bond donors (Lipinski definition) is 0. The van der Waals surface area contributed by atoms with Gasteiger partial charge in [0.15, 0.2) is 0 Å². The number of hydrogen-bond acceptors (Lipinski definition) is 1. The van der Waals surface area contributed by atoms with Crippen molar-refractivity contribution in [1.82, 2.24) is 0 Å². The highest BCUT2D eigenvalue weighted by Gasteiger charge is 2.07. The highest BCUT2D eigenvalue weighted by Crippen LogP contribution is 2.17. The van der Waals surface area contributed by atoms with Crippen LogP contribution in [0.4, 0.5) is 0 Å². The summed E-state index contributed by atoms with van der Waals surface area (Å²) in [6, 6.07) is 7.83. The molecule has 1 nitrogen and oxygen atoms in total. The van der Waals surface area contributed by atoms with Gasteiger partial charge in [-0.3, -0.25) is 0 Å². The minimum atomic E-state index is -1.07. The van der Waals surface area contributed by atoms with Crippen LogP contribution in [0.15, 0.2) is 51.8 Å². The first kappa shape index (κ1) is 16.9.